The third kappa shape index (κ3) is 4.71. The number of carbonyl (C=O) groups is 1. The Morgan fingerprint density at radius 1 is 1.15 bits per heavy atom. The van der Waals surface area contributed by atoms with Crippen LogP contribution in [0.1, 0.15) is 10.4 Å². The molecule has 3 rings (SSSR count). The minimum absolute atomic E-state index is 0.0748. The summed E-state index contributed by atoms with van der Waals surface area (Å²) < 4.78 is 6.75. The number of carbonyl (C=O) groups excluding carboxylic acids is 1. The average Bonchev–Trinajstić information content (AvgIpc) is 2.69. The summed E-state index contributed by atoms with van der Waals surface area (Å²) in [6, 6.07) is 12.2. The summed E-state index contributed by atoms with van der Waals surface area (Å²) in [7, 11) is 0. The van der Waals surface area contributed by atoms with Crippen LogP contribution in [0.25, 0.3) is 0 Å². The van der Waals surface area contributed by atoms with Crippen molar-refractivity contribution in [1.29, 1.82) is 0 Å². The lowest BCUT2D eigenvalue weighted by Gasteiger charge is -2.28. The van der Waals surface area contributed by atoms with Crippen molar-refractivity contribution in [1.82, 2.24) is 9.88 Å². The first-order valence-electron chi connectivity index (χ1n) is 8.68. The number of rotatable bonds is 6. The highest BCUT2D eigenvalue weighted by Gasteiger charge is 2.13. The lowest BCUT2D eigenvalue weighted by Crippen LogP contribution is -2.37. The van der Waals surface area contributed by atoms with Crippen LogP contribution in [0, 0.1) is 0 Å². The highest BCUT2D eigenvalue weighted by atomic mass is 16.5. The number of ether oxygens (including phenoxy) is 1. The predicted octanol–water partition coefficient (Wildman–Crippen LogP) is 0.476. The van der Waals surface area contributed by atoms with Crippen molar-refractivity contribution in [2.75, 3.05) is 37.7 Å². The molecule has 1 aromatic heterocycles. The Balaban J connectivity index is 1.51. The first kappa shape index (κ1) is 18.2. The van der Waals surface area contributed by atoms with E-state index in [-0.39, 0.29) is 24.6 Å². The van der Waals surface area contributed by atoms with Gasteiger partial charge >= 0.3 is 0 Å². The molecule has 0 radical (unpaired) electrons. The minimum atomic E-state index is -0.841. The number of morpholine rings is 1. The maximum Gasteiger partial charge on any atom is 0.251 e. The van der Waals surface area contributed by atoms with Gasteiger partial charge in [-0.2, -0.15) is 0 Å². The van der Waals surface area contributed by atoms with Gasteiger partial charge in [0.1, 0.15) is 0 Å². The summed E-state index contributed by atoms with van der Waals surface area (Å²) in [6.07, 6.45) is 0.768. The second kappa shape index (κ2) is 8.64. The van der Waals surface area contributed by atoms with E-state index < -0.39 is 6.10 Å². The lowest BCUT2D eigenvalue weighted by molar-refractivity contribution is 0.0903. The van der Waals surface area contributed by atoms with Crippen molar-refractivity contribution in [2.24, 2.45) is 0 Å². The number of hydrogen-bond acceptors (Lipinski definition) is 5. The smallest absolute Gasteiger partial charge is 0.251 e. The molecule has 2 heterocycles. The van der Waals surface area contributed by atoms with Gasteiger partial charge in [-0.3, -0.25) is 9.59 Å². The van der Waals surface area contributed by atoms with Gasteiger partial charge in [-0.1, -0.05) is 6.07 Å². The third-order valence-electron chi connectivity index (χ3n) is 4.31. The van der Waals surface area contributed by atoms with Crippen LogP contribution in [-0.2, 0) is 11.3 Å². The first-order valence-corrected chi connectivity index (χ1v) is 8.68. The van der Waals surface area contributed by atoms with Gasteiger partial charge in [-0.05, 0) is 30.3 Å². The van der Waals surface area contributed by atoms with Crippen LogP contribution in [0.2, 0.25) is 0 Å². The summed E-state index contributed by atoms with van der Waals surface area (Å²) in [6.45, 7) is 3.32. The third-order valence-corrected chi connectivity index (χ3v) is 4.31. The van der Waals surface area contributed by atoms with Gasteiger partial charge in [-0.25, -0.2) is 0 Å². The molecular formula is C19H23N3O4. The lowest BCUT2D eigenvalue weighted by atomic mass is 10.1. The Hall–Kier alpha value is -2.64. The van der Waals surface area contributed by atoms with Gasteiger partial charge < -0.3 is 24.6 Å². The van der Waals surface area contributed by atoms with Gasteiger partial charge in [0.15, 0.2) is 0 Å². The van der Waals surface area contributed by atoms with E-state index in [1.54, 1.807) is 30.5 Å². The fourth-order valence-corrected chi connectivity index (χ4v) is 2.86. The van der Waals surface area contributed by atoms with Crippen molar-refractivity contribution >= 4 is 11.6 Å². The fourth-order valence-electron chi connectivity index (χ4n) is 2.86. The molecule has 7 heteroatoms. The standard InChI is InChI=1S/C19H23N3O4/c23-17(14-22-8-2-1-3-18(22)24)13-20-19(25)15-4-6-16(7-5-15)21-9-11-26-12-10-21/h1-8,17,23H,9-14H2,(H,20,25). The molecular weight excluding hydrogens is 334 g/mol. The van der Waals surface area contributed by atoms with Crippen LogP contribution >= 0.6 is 0 Å². The molecule has 138 valence electrons. The Morgan fingerprint density at radius 2 is 1.88 bits per heavy atom. The van der Waals surface area contributed by atoms with E-state index in [1.807, 2.05) is 12.1 Å². The molecule has 1 saturated heterocycles. The number of amides is 1. The normalized spacial score (nSPS) is 15.5. The maximum absolute atomic E-state index is 12.2. The molecule has 26 heavy (non-hydrogen) atoms. The van der Waals surface area contributed by atoms with E-state index >= 15 is 0 Å². The first-order chi connectivity index (χ1) is 12.6. The number of benzene rings is 1. The highest BCUT2D eigenvalue weighted by Crippen LogP contribution is 2.16. The molecule has 0 aliphatic carbocycles. The number of nitrogens with one attached hydrogen (secondary N) is 1. The second-order valence-electron chi connectivity index (χ2n) is 6.20. The second-order valence-corrected chi connectivity index (χ2v) is 6.20. The molecule has 2 N–H and O–H groups in total. The highest BCUT2D eigenvalue weighted by molar-refractivity contribution is 5.94. The summed E-state index contributed by atoms with van der Waals surface area (Å²) in [5.41, 5.74) is 1.41. The number of pyridine rings is 1. The van der Waals surface area contributed by atoms with E-state index in [9.17, 15) is 14.7 Å². The minimum Gasteiger partial charge on any atom is -0.389 e. The number of hydrogen-bond donors (Lipinski definition) is 2. The largest absolute Gasteiger partial charge is 0.389 e. The van der Waals surface area contributed by atoms with E-state index in [0.717, 1.165) is 18.8 Å². The van der Waals surface area contributed by atoms with Crippen molar-refractivity contribution in [3.05, 3.63) is 64.6 Å². The van der Waals surface area contributed by atoms with Crippen LogP contribution in [0.5, 0.6) is 0 Å². The van der Waals surface area contributed by atoms with Crippen molar-refractivity contribution in [2.45, 2.75) is 12.6 Å². The monoisotopic (exact) mass is 357 g/mol. The van der Waals surface area contributed by atoms with Gasteiger partial charge in [0.05, 0.1) is 25.9 Å². The Morgan fingerprint density at radius 3 is 2.58 bits per heavy atom. The van der Waals surface area contributed by atoms with Crippen LogP contribution in [-0.4, -0.2) is 54.5 Å². The summed E-state index contributed by atoms with van der Waals surface area (Å²) in [5.74, 6) is -0.252. The predicted molar refractivity (Wildman–Crippen MR) is 98.5 cm³/mol. The summed E-state index contributed by atoms with van der Waals surface area (Å²) >= 11 is 0. The number of nitrogens with zero attached hydrogens (tertiary/aromatic N) is 2. The van der Waals surface area contributed by atoms with E-state index in [2.05, 4.69) is 10.2 Å². The van der Waals surface area contributed by atoms with E-state index in [1.165, 1.54) is 10.6 Å². The van der Waals surface area contributed by atoms with Gasteiger partial charge in [0.2, 0.25) is 0 Å². The summed E-state index contributed by atoms with van der Waals surface area (Å²) in [5, 5.41) is 12.7. The van der Waals surface area contributed by atoms with Crippen LogP contribution in [0.3, 0.4) is 0 Å². The molecule has 1 amide bonds. The van der Waals surface area contributed by atoms with Crippen LogP contribution < -0.4 is 15.8 Å². The van der Waals surface area contributed by atoms with Crippen LogP contribution in [0.15, 0.2) is 53.5 Å². The van der Waals surface area contributed by atoms with Crippen molar-refractivity contribution in [3.63, 3.8) is 0 Å². The zero-order valence-corrected chi connectivity index (χ0v) is 14.5. The number of aromatic nitrogens is 1. The topological polar surface area (TPSA) is 83.8 Å². The number of aliphatic hydroxyl groups excluding tert-OH is 1. The SMILES string of the molecule is O=C(NCC(O)Cn1ccccc1=O)c1ccc(N2CCOCC2)cc1. The number of aliphatic hydroxyl groups is 1. The molecule has 1 fully saturated rings. The molecule has 1 aromatic carbocycles. The maximum atomic E-state index is 12.2. The van der Waals surface area contributed by atoms with Crippen LogP contribution in [0.4, 0.5) is 5.69 Å². The fraction of sp³-hybridized carbons (Fsp3) is 0.368. The van der Waals surface area contributed by atoms with E-state index in [0.29, 0.717) is 18.8 Å². The molecule has 1 aliphatic rings. The van der Waals surface area contributed by atoms with Crippen molar-refractivity contribution in [3.8, 4) is 0 Å². The van der Waals surface area contributed by atoms with E-state index in [4.69, 9.17) is 4.74 Å². The molecule has 1 aliphatic heterocycles. The van der Waals surface area contributed by atoms with Gasteiger partial charge in [0.25, 0.3) is 11.5 Å². The molecule has 1 unspecified atom stereocenters. The zero-order chi connectivity index (χ0) is 18.4. The van der Waals surface area contributed by atoms with Crippen molar-refractivity contribution < 1.29 is 14.6 Å². The quantitative estimate of drug-likeness (QED) is 0.786. The molecule has 0 saturated carbocycles. The van der Waals surface area contributed by atoms with Gasteiger partial charge in [-0.15, -0.1) is 0 Å². The molecule has 0 bridgehead atoms. The average molecular weight is 357 g/mol. The number of anilines is 1. The van der Waals surface area contributed by atoms with Gasteiger partial charge in [0, 0.05) is 43.1 Å². The molecule has 0 spiro atoms. The Labute approximate surface area is 151 Å². The molecule has 7 nitrogen and oxygen atoms in total. The molecule has 2 aromatic rings. The Kier molecular flexibility index (Phi) is 6.04. The molecule has 1 atom stereocenters. The Bertz CT molecular complexity index is 782. The summed E-state index contributed by atoms with van der Waals surface area (Å²) in [4.78, 5) is 26.1. The zero-order valence-electron chi connectivity index (χ0n) is 14.5.